The molecule has 0 aromatic heterocycles. The van der Waals surface area contributed by atoms with Crippen LogP contribution in [0.2, 0.25) is 0 Å². The Hall–Kier alpha value is -0.570. The first-order chi connectivity index (χ1) is 4.33. The zero-order valence-electron chi connectivity index (χ0n) is 6.85. The van der Waals surface area contributed by atoms with Gasteiger partial charge in [0.15, 0.2) is 0 Å². The molecular formula is C6H18N2O. The monoisotopic (exact) mass is 134 g/mol. The van der Waals surface area contributed by atoms with Crippen LogP contribution in [0.5, 0.6) is 0 Å². The van der Waals surface area contributed by atoms with E-state index in [9.17, 15) is 0 Å². The van der Waals surface area contributed by atoms with Crippen molar-refractivity contribution in [2.24, 2.45) is 10.9 Å². The largest absolute Gasteiger partial charge is 0.400 e. The minimum atomic E-state index is 0.750. The van der Waals surface area contributed by atoms with Crippen molar-refractivity contribution in [1.29, 1.82) is 0 Å². The molecule has 0 rings (SSSR count). The molecule has 0 aliphatic rings. The predicted octanol–water partition coefficient (Wildman–Crippen LogP) is 1.24. The van der Waals surface area contributed by atoms with Crippen molar-refractivity contribution in [1.82, 2.24) is 0 Å². The van der Waals surface area contributed by atoms with Crippen LogP contribution < -0.4 is 5.73 Å². The highest BCUT2D eigenvalue weighted by Crippen LogP contribution is 1.49. The van der Waals surface area contributed by atoms with Crippen molar-refractivity contribution >= 4 is 6.72 Å². The molecule has 9 heavy (non-hydrogen) atoms. The van der Waals surface area contributed by atoms with Gasteiger partial charge in [0.2, 0.25) is 0 Å². The van der Waals surface area contributed by atoms with Gasteiger partial charge in [-0.05, 0) is 6.54 Å². The summed E-state index contributed by atoms with van der Waals surface area (Å²) < 4.78 is 0. The number of nitrogens with two attached hydrogens (primary N) is 1. The fourth-order valence-corrected chi connectivity index (χ4v) is 0. The van der Waals surface area contributed by atoms with Gasteiger partial charge in [-0.2, -0.15) is 0 Å². The molecule has 0 saturated carbocycles. The van der Waals surface area contributed by atoms with Crippen LogP contribution in [-0.2, 0) is 4.84 Å². The SMILES string of the molecule is C=NOC.CC.CCN. The van der Waals surface area contributed by atoms with E-state index in [0.717, 1.165) is 6.54 Å². The van der Waals surface area contributed by atoms with Crippen LogP contribution in [0.15, 0.2) is 5.16 Å². The minimum absolute atomic E-state index is 0.750. The zero-order chi connectivity index (χ0) is 8.12. The molecule has 0 radical (unpaired) electrons. The van der Waals surface area contributed by atoms with E-state index in [2.05, 4.69) is 16.7 Å². The Kier molecular flexibility index (Phi) is 91.2. The Labute approximate surface area is 57.9 Å². The van der Waals surface area contributed by atoms with Crippen molar-refractivity contribution in [2.75, 3.05) is 13.7 Å². The minimum Gasteiger partial charge on any atom is -0.400 e. The van der Waals surface area contributed by atoms with E-state index in [4.69, 9.17) is 5.73 Å². The lowest BCUT2D eigenvalue weighted by molar-refractivity contribution is 0.217. The van der Waals surface area contributed by atoms with Crippen molar-refractivity contribution in [2.45, 2.75) is 20.8 Å². The Morgan fingerprint density at radius 1 is 1.56 bits per heavy atom. The van der Waals surface area contributed by atoms with Crippen LogP contribution in [0.4, 0.5) is 0 Å². The molecule has 0 saturated heterocycles. The van der Waals surface area contributed by atoms with Gasteiger partial charge in [0.25, 0.3) is 0 Å². The van der Waals surface area contributed by atoms with Crippen LogP contribution in [0.1, 0.15) is 20.8 Å². The van der Waals surface area contributed by atoms with Gasteiger partial charge in [0.05, 0.1) is 0 Å². The highest BCUT2D eigenvalue weighted by molar-refractivity contribution is 5.21. The molecule has 0 aliphatic heterocycles. The Morgan fingerprint density at radius 2 is 1.67 bits per heavy atom. The number of nitrogens with zero attached hydrogens (tertiary/aromatic N) is 1. The Balaban J connectivity index is -0.0000000646. The molecule has 3 nitrogen and oxygen atoms in total. The summed E-state index contributed by atoms with van der Waals surface area (Å²) in [5, 5.41) is 2.99. The van der Waals surface area contributed by atoms with E-state index in [1.165, 1.54) is 7.11 Å². The first-order valence-corrected chi connectivity index (χ1v) is 3.02. The zero-order valence-corrected chi connectivity index (χ0v) is 6.85. The summed E-state index contributed by atoms with van der Waals surface area (Å²) >= 11 is 0. The van der Waals surface area contributed by atoms with E-state index in [1.54, 1.807) is 0 Å². The van der Waals surface area contributed by atoms with Gasteiger partial charge in [0.1, 0.15) is 7.11 Å². The van der Waals surface area contributed by atoms with Crippen molar-refractivity contribution < 1.29 is 4.84 Å². The summed E-state index contributed by atoms with van der Waals surface area (Å²) in [5.74, 6) is 0. The lowest BCUT2D eigenvalue weighted by Crippen LogP contribution is -1.87. The summed E-state index contributed by atoms with van der Waals surface area (Å²) in [6, 6.07) is 0. The first-order valence-electron chi connectivity index (χ1n) is 3.02. The van der Waals surface area contributed by atoms with Crippen LogP contribution >= 0.6 is 0 Å². The maximum absolute atomic E-state index is 4.85. The normalized spacial score (nSPS) is 5.00. The summed E-state index contributed by atoms with van der Waals surface area (Å²) in [4.78, 5) is 4.06. The second-order valence-corrected chi connectivity index (χ2v) is 0.720. The summed E-state index contributed by atoms with van der Waals surface area (Å²) in [6.07, 6.45) is 0. The molecule has 0 fully saturated rings. The molecule has 0 aromatic rings. The molecule has 0 aromatic carbocycles. The maximum atomic E-state index is 4.85. The van der Waals surface area contributed by atoms with E-state index < -0.39 is 0 Å². The van der Waals surface area contributed by atoms with Crippen molar-refractivity contribution in [3.63, 3.8) is 0 Å². The Bertz CT molecular complexity index is 32.2. The van der Waals surface area contributed by atoms with Crippen LogP contribution in [-0.4, -0.2) is 20.4 Å². The topological polar surface area (TPSA) is 47.6 Å². The molecule has 0 unspecified atom stereocenters. The molecule has 2 N–H and O–H groups in total. The second-order valence-electron chi connectivity index (χ2n) is 0.720. The van der Waals surface area contributed by atoms with Crippen LogP contribution in [0.3, 0.4) is 0 Å². The van der Waals surface area contributed by atoms with Crippen molar-refractivity contribution in [3.05, 3.63) is 0 Å². The lowest BCUT2D eigenvalue weighted by Gasteiger charge is -1.71. The summed E-state index contributed by atoms with van der Waals surface area (Å²) in [5.41, 5.74) is 4.85. The Morgan fingerprint density at radius 3 is 1.67 bits per heavy atom. The molecule has 0 atom stereocenters. The highest BCUT2D eigenvalue weighted by atomic mass is 16.6. The lowest BCUT2D eigenvalue weighted by atomic mass is 10.8. The van der Waals surface area contributed by atoms with E-state index in [1.807, 2.05) is 20.8 Å². The number of rotatable bonds is 1. The highest BCUT2D eigenvalue weighted by Gasteiger charge is 1.35. The third kappa shape index (κ3) is 1180. The first kappa shape index (κ1) is 15.8. The predicted molar refractivity (Wildman–Crippen MR) is 42.6 cm³/mol. The van der Waals surface area contributed by atoms with Crippen LogP contribution in [0.25, 0.3) is 0 Å². The van der Waals surface area contributed by atoms with Gasteiger partial charge in [-0.1, -0.05) is 20.8 Å². The smallest absolute Gasteiger partial charge is 0.106 e. The third-order valence-electron chi connectivity index (χ3n) is 0.129. The molecule has 0 bridgehead atoms. The van der Waals surface area contributed by atoms with Gasteiger partial charge in [0, 0.05) is 6.72 Å². The van der Waals surface area contributed by atoms with Gasteiger partial charge < -0.3 is 10.6 Å². The van der Waals surface area contributed by atoms with E-state index >= 15 is 0 Å². The number of hydrogen-bond donors (Lipinski definition) is 1. The number of oxime groups is 1. The van der Waals surface area contributed by atoms with Crippen molar-refractivity contribution in [3.8, 4) is 0 Å². The molecule has 58 valence electrons. The van der Waals surface area contributed by atoms with Crippen LogP contribution in [0, 0.1) is 0 Å². The molecule has 0 amide bonds. The molecule has 0 heterocycles. The van der Waals surface area contributed by atoms with Gasteiger partial charge >= 0.3 is 0 Å². The average molecular weight is 134 g/mol. The van der Waals surface area contributed by atoms with Gasteiger partial charge in [-0.15, -0.1) is 5.16 Å². The number of hydrogen-bond acceptors (Lipinski definition) is 3. The fraction of sp³-hybridized carbons (Fsp3) is 0.833. The summed E-state index contributed by atoms with van der Waals surface area (Å²) in [7, 11) is 1.45. The maximum Gasteiger partial charge on any atom is 0.106 e. The molecule has 3 heteroatoms. The standard InChI is InChI=1S/C2H5NO.C2H7N.C2H6/c1-3-4-2;1-2-3;1-2/h1H2,2H3;2-3H2,1H3;1-2H3. The molecular weight excluding hydrogens is 116 g/mol. The van der Waals surface area contributed by atoms with Gasteiger partial charge in [-0.25, -0.2) is 0 Å². The van der Waals surface area contributed by atoms with E-state index in [-0.39, 0.29) is 0 Å². The summed E-state index contributed by atoms with van der Waals surface area (Å²) in [6.45, 7) is 9.66. The third-order valence-corrected chi connectivity index (χ3v) is 0.129. The second kappa shape index (κ2) is 52.0. The molecule has 0 spiro atoms. The fourth-order valence-electron chi connectivity index (χ4n) is 0. The molecule has 0 aliphatic carbocycles. The average Bonchev–Trinajstić information content (AvgIpc) is 1.94. The van der Waals surface area contributed by atoms with Gasteiger partial charge in [-0.3, -0.25) is 0 Å². The van der Waals surface area contributed by atoms with E-state index in [0.29, 0.717) is 0 Å². The quantitative estimate of drug-likeness (QED) is 0.433.